The van der Waals surface area contributed by atoms with Crippen LogP contribution in [0, 0.1) is 0 Å². The molecule has 7 heteroatoms. The van der Waals surface area contributed by atoms with Crippen molar-refractivity contribution in [2.24, 2.45) is 0 Å². The summed E-state index contributed by atoms with van der Waals surface area (Å²) in [5.74, 6) is 0.619. The number of amides is 1. The number of aromatic nitrogens is 2. The van der Waals surface area contributed by atoms with Crippen molar-refractivity contribution in [3.63, 3.8) is 0 Å². The van der Waals surface area contributed by atoms with Gasteiger partial charge < -0.3 is 20.7 Å². The minimum Gasteiger partial charge on any atom is -0.463 e. The number of rotatable bonds is 8. The minimum atomic E-state index is -0.152. The first kappa shape index (κ1) is 18.5. The van der Waals surface area contributed by atoms with Crippen LogP contribution in [0.1, 0.15) is 26.7 Å². The largest absolute Gasteiger partial charge is 0.463 e. The molecule has 1 aromatic rings. The Bertz CT molecular complexity index is 697. The molecule has 0 radical (unpaired) electrons. The first-order valence-electron chi connectivity index (χ1n) is 8.38. The number of hydrogen-bond acceptors (Lipinski definition) is 6. The van der Waals surface area contributed by atoms with Gasteiger partial charge in [0.1, 0.15) is 5.69 Å². The topological polar surface area (TPSA) is 93.4 Å². The van der Waals surface area contributed by atoms with E-state index in [0.717, 1.165) is 18.4 Å². The third-order valence-corrected chi connectivity index (χ3v) is 3.61. The number of fused-ring (bicyclic) bond motifs is 1. The van der Waals surface area contributed by atoms with Gasteiger partial charge in [-0.05, 0) is 18.9 Å². The van der Waals surface area contributed by atoms with E-state index in [2.05, 4.69) is 28.8 Å². The van der Waals surface area contributed by atoms with Gasteiger partial charge in [0, 0.05) is 6.54 Å². The second-order valence-electron chi connectivity index (χ2n) is 5.67. The first-order valence-corrected chi connectivity index (χ1v) is 8.38. The van der Waals surface area contributed by atoms with Gasteiger partial charge in [0.15, 0.2) is 11.6 Å². The second kappa shape index (κ2) is 8.86. The van der Waals surface area contributed by atoms with Crippen molar-refractivity contribution in [2.45, 2.75) is 26.7 Å². The summed E-state index contributed by atoms with van der Waals surface area (Å²) in [4.78, 5) is 22.5. The fraction of sp³-hybridized carbons (Fsp3) is 0.389. The number of carbonyl (C=O) groups excluding carboxylic acids is 1. The van der Waals surface area contributed by atoms with Crippen LogP contribution in [-0.2, 0) is 4.79 Å². The van der Waals surface area contributed by atoms with Crippen molar-refractivity contribution >= 4 is 23.2 Å². The van der Waals surface area contributed by atoms with Crippen LogP contribution >= 0.6 is 0 Å². The van der Waals surface area contributed by atoms with Crippen molar-refractivity contribution in [1.82, 2.24) is 9.97 Å². The number of nitrogens with one attached hydrogen (secondary N) is 1. The molecule has 0 atom stereocenters. The van der Waals surface area contributed by atoms with E-state index in [1.165, 1.54) is 0 Å². The molecule has 1 aromatic heterocycles. The zero-order valence-electron chi connectivity index (χ0n) is 14.8. The fourth-order valence-electron chi connectivity index (χ4n) is 2.47. The van der Waals surface area contributed by atoms with Gasteiger partial charge in [0.25, 0.3) is 0 Å². The average molecular weight is 343 g/mol. The van der Waals surface area contributed by atoms with Crippen LogP contribution < -0.4 is 20.7 Å². The van der Waals surface area contributed by atoms with Gasteiger partial charge in [0.2, 0.25) is 5.91 Å². The zero-order chi connectivity index (χ0) is 18.2. The molecule has 2 heterocycles. The van der Waals surface area contributed by atoms with E-state index >= 15 is 0 Å². The fourth-order valence-corrected chi connectivity index (χ4v) is 2.47. The quantitative estimate of drug-likeness (QED) is 0.557. The summed E-state index contributed by atoms with van der Waals surface area (Å²) >= 11 is 0. The lowest BCUT2D eigenvalue weighted by Gasteiger charge is -2.30. The minimum absolute atomic E-state index is 0.152. The van der Waals surface area contributed by atoms with Gasteiger partial charge in [0.05, 0.1) is 13.2 Å². The highest BCUT2D eigenvalue weighted by Gasteiger charge is 2.27. The predicted molar refractivity (Wildman–Crippen MR) is 101 cm³/mol. The Labute approximate surface area is 148 Å². The van der Waals surface area contributed by atoms with Crippen LogP contribution in [0.2, 0.25) is 0 Å². The lowest BCUT2D eigenvalue weighted by molar-refractivity contribution is -0.115. The number of carbonyl (C=O) groups is 1. The summed E-state index contributed by atoms with van der Waals surface area (Å²) in [5, 5.41) is 2.75. The smallest absolute Gasteiger partial charge is 0.320 e. The Hall–Kier alpha value is -2.83. The number of anilines is 3. The van der Waals surface area contributed by atoms with Gasteiger partial charge in [-0.2, -0.15) is 9.97 Å². The molecule has 2 rings (SSSR count). The van der Waals surface area contributed by atoms with Crippen molar-refractivity contribution in [3.05, 3.63) is 36.5 Å². The van der Waals surface area contributed by atoms with Crippen molar-refractivity contribution in [2.75, 3.05) is 35.6 Å². The van der Waals surface area contributed by atoms with E-state index in [-0.39, 0.29) is 24.3 Å². The van der Waals surface area contributed by atoms with E-state index in [4.69, 9.17) is 10.5 Å². The summed E-state index contributed by atoms with van der Waals surface area (Å²) in [6.07, 6.45) is 9.45. The molecule has 0 spiro atoms. The Balaban J connectivity index is 2.33. The molecule has 1 amide bonds. The van der Waals surface area contributed by atoms with Crippen molar-refractivity contribution in [1.29, 1.82) is 0 Å². The summed E-state index contributed by atoms with van der Waals surface area (Å²) in [5.41, 5.74) is 7.43. The molecule has 0 unspecified atom stereocenters. The molecule has 25 heavy (non-hydrogen) atoms. The van der Waals surface area contributed by atoms with Crippen LogP contribution in [0.4, 0.5) is 17.3 Å². The molecule has 0 fully saturated rings. The molecule has 1 aliphatic rings. The summed E-state index contributed by atoms with van der Waals surface area (Å²) in [6.45, 7) is 8.97. The maximum atomic E-state index is 12.0. The van der Waals surface area contributed by atoms with Crippen LogP contribution in [0.3, 0.4) is 0 Å². The van der Waals surface area contributed by atoms with E-state index in [9.17, 15) is 4.79 Å². The number of unbranched alkanes of at least 4 members (excludes halogenated alkanes) is 1. The van der Waals surface area contributed by atoms with Crippen LogP contribution in [0.15, 0.2) is 36.5 Å². The molecular weight excluding hydrogens is 318 g/mol. The Morgan fingerprint density at radius 1 is 1.48 bits per heavy atom. The first-order chi connectivity index (χ1) is 12.1. The normalized spacial score (nSPS) is 14.4. The maximum absolute atomic E-state index is 12.0. The standard InChI is InChI=1S/C18H25N5O2/c1-4-7-10-25-18-21-16(19)15-17(22-18)23(12-14(24)20-15)11-13(8-5-2)9-6-3/h5-6,8-9H,2,4,7,10-12H2,1,3H3,(H,20,24)(H2,19,21,22)/b9-6-,13-8+. The number of nitrogens with two attached hydrogens (primary N) is 1. The van der Waals surface area contributed by atoms with Gasteiger partial charge in [-0.15, -0.1) is 0 Å². The summed E-state index contributed by atoms with van der Waals surface area (Å²) in [6, 6.07) is 0.228. The number of nitrogens with zero attached hydrogens (tertiary/aromatic N) is 3. The molecule has 0 bridgehead atoms. The Kier molecular flexibility index (Phi) is 6.56. The highest BCUT2D eigenvalue weighted by Crippen LogP contribution is 2.33. The molecule has 0 aliphatic carbocycles. The molecule has 0 aromatic carbocycles. The van der Waals surface area contributed by atoms with Crippen molar-refractivity contribution in [3.8, 4) is 6.01 Å². The molecule has 0 saturated carbocycles. The van der Waals surface area contributed by atoms with E-state index in [0.29, 0.717) is 24.7 Å². The zero-order valence-corrected chi connectivity index (χ0v) is 14.8. The molecule has 3 N–H and O–H groups in total. The van der Waals surface area contributed by atoms with E-state index in [1.807, 2.05) is 30.1 Å². The maximum Gasteiger partial charge on any atom is 0.320 e. The van der Waals surface area contributed by atoms with Crippen LogP contribution in [-0.4, -0.2) is 35.6 Å². The predicted octanol–water partition coefficient (Wildman–Crippen LogP) is 2.68. The Morgan fingerprint density at radius 2 is 2.28 bits per heavy atom. The van der Waals surface area contributed by atoms with Crippen LogP contribution in [0.25, 0.3) is 0 Å². The molecule has 0 saturated heterocycles. The number of ether oxygens (including phenoxy) is 1. The van der Waals surface area contributed by atoms with Crippen molar-refractivity contribution < 1.29 is 9.53 Å². The van der Waals surface area contributed by atoms with Gasteiger partial charge in [-0.3, -0.25) is 4.79 Å². The summed E-state index contributed by atoms with van der Waals surface area (Å²) in [7, 11) is 0. The summed E-state index contributed by atoms with van der Waals surface area (Å²) < 4.78 is 5.58. The average Bonchev–Trinajstić information content (AvgIpc) is 2.56. The van der Waals surface area contributed by atoms with Gasteiger partial charge >= 0.3 is 6.01 Å². The highest BCUT2D eigenvalue weighted by atomic mass is 16.5. The van der Waals surface area contributed by atoms with Gasteiger partial charge in [-0.1, -0.05) is 44.2 Å². The third kappa shape index (κ3) is 4.82. The lowest BCUT2D eigenvalue weighted by Crippen LogP contribution is -2.40. The van der Waals surface area contributed by atoms with E-state index < -0.39 is 0 Å². The number of allylic oxidation sites excluding steroid dienone is 3. The molecular formula is C18H25N5O2. The SMILES string of the molecule is C=C/C=C(\C=C/C)CN1CC(=O)Nc2c(N)nc(OCCCC)nc21. The Morgan fingerprint density at radius 3 is 2.96 bits per heavy atom. The van der Waals surface area contributed by atoms with Gasteiger partial charge in [-0.25, -0.2) is 0 Å². The molecule has 7 nitrogen and oxygen atoms in total. The number of nitrogen functional groups attached to an aromatic ring is 1. The van der Waals surface area contributed by atoms with Crippen LogP contribution in [0.5, 0.6) is 6.01 Å². The third-order valence-electron chi connectivity index (χ3n) is 3.61. The second-order valence-corrected chi connectivity index (χ2v) is 5.67. The van der Waals surface area contributed by atoms with E-state index in [1.54, 1.807) is 6.08 Å². The monoisotopic (exact) mass is 343 g/mol. The highest BCUT2D eigenvalue weighted by molar-refractivity contribution is 6.03. The lowest BCUT2D eigenvalue weighted by atomic mass is 10.2. The number of hydrogen-bond donors (Lipinski definition) is 2. The molecule has 1 aliphatic heterocycles. The molecule has 134 valence electrons.